The first kappa shape index (κ1) is 15.9. The summed E-state index contributed by atoms with van der Waals surface area (Å²) < 4.78 is 6.28. The van der Waals surface area contributed by atoms with Crippen molar-refractivity contribution >= 4 is 39.0 Å². The smallest absolute Gasteiger partial charge is 0.197 e. The van der Waals surface area contributed by atoms with Crippen LogP contribution in [0.1, 0.15) is 27.0 Å². The molecule has 110 valence electrons. The van der Waals surface area contributed by atoms with E-state index >= 15 is 0 Å². The zero-order valence-electron chi connectivity index (χ0n) is 12.0. The number of carbonyl (C=O) groups excluding carboxylic acids is 1. The second kappa shape index (κ2) is 6.08. The number of methoxy groups -OCH3 is 1. The molecule has 0 aromatic heterocycles. The lowest BCUT2D eigenvalue weighted by atomic mass is 9.95. The molecular formula is C16H15BrClNO2. The van der Waals surface area contributed by atoms with Crippen molar-refractivity contribution in [3.8, 4) is 5.75 Å². The van der Waals surface area contributed by atoms with E-state index in [0.29, 0.717) is 27.6 Å². The van der Waals surface area contributed by atoms with E-state index < -0.39 is 0 Å². The van der Waals surface area contributed by atoms with Crippen molar-refractivity contribution in [2.75, 3.05) is 12.8 Å². The molecule has 0 unspecified atom stereocenters. The minimum absolute atomic E-state index is 0.142. The molecular weight excluding hydrogens is 354 g/mol. The van der Waals surface area contributed by atoms with Gasteiger partial charge in [0, 0.05) is 10.0 Å². The predicted octanol–water partition coefficient (Wildman–Crippen LogP) is 4.54. The monoisotopic (exact) mass is 367 g/mol. The molecule has 21 heavy (non-hydrogen) atoms. The number of hydrogen-bond donors (Lipinski definition) is 1. The van der Waals surface area contributed by atoms with Gasteiger partial charge in [-0.2, -0.15) is 0 Å². The Morgan fingerprint density at radius 2 is 1.95 bits per heavy atom. The van der Waals surface area contributed by atoms with Gasteiger partial charge in [0.15, 0.2) is 5.78 Å². The molecule has 2 N–H and O–H groups in total. The van der Waals surface area contributed by atoms with Crippen LogP contribution in [0.4, 0.5) is 5.69 Å². The largest absolute Gasteiger partial charge is 0.496 e. The summed E-state index contributed by atoms with van der Waals surface area (Å²) in [4.78, 5) is 12.8. The molecule has 0 radical (unpaired) electrons. The molecule has 2 rings (SSSR count). The van der Waals surface area contributed by atoms with E-state index in [4.69, 9.17) is 22.1 Å². The highest BCUT2D eigenvalue weighted by molar-refractivity contribution is 9.10. The lowest BCUT2D eigenvalue weighted by Gasteiger charge is -2.15. The number of ketones is 1. The Kier molecular flexibility index (Phi) is 4.59. The molecule has 0 spiro atoms. The van der Waals surface area contributed by atoms with Gasteiger partial charge in [-0.25, -0.2) is 0 Å². The van der Waals surface area contributed by atoms with Crippen LogP contribution < -0.4 is 10.5 Å². The molecule has 0 aliphatic heterocycles. The van der Waals surface area contributed by atoms with Crippen LogP contribution in [-0.4, -0.2) is 12.9 Å². The Balaban J connectivity index is 2.65. The highest BCUT2D eigenvalue weighted by Gasteiger charge is 2.21. The van der Waals surface area contributed by atoms with Crippen molar-refractivity contribution in [1.82, 2.24) is 0 Å². The van der Waals surface area contributed by atoms with E-state index in [2.05, 4.69) is 15.9 Å². The summed E-state index contributed by atoms with van der Waals surface area (Å²) in [7, 11) is 1.56. The molecule has 2 aromatic rings. The van der Waals surface area contributed by atoms with Gasteiger partial charge in [0.25, 0.3) is 0 Å². The van der Waals surface area contributed by atoms with Gasteiger partial charge in [0.2, 0.25) is 0 Å². The van der Waals surface area contributed by atoms with E-state index in [1.54, 1.807) is 25.3 Å². The van der Waals surface area contributed by atoms with E-state index in [1.165, 1.54) is 0 Å². The van der Waals surface area contributed by atoms with Gasteiger partial charge in [-0.3, -0.25) is 4.79 Å². The molecule has 0 amide bonds. The average molecular weight is 369 g/mol. The maximum atomic E-state index is 12.8. The topological polar surface area (TPSA) is 52.3 Å². The normalized spacial score (nSPS) is 10.5. The van der Waals surface area contributed by atoms with Gasteiger partial charge in [0.05, 0.1) is 23.4 Å². The third-order valence-corrected chi connectivity index (χ3v) is 4.52. The lowest BCUT2D eigenvalue weighted by Crippen LogP contribution is -2.09. The molecule has 0 bridgehead atoms. The molecule has 0 atom stereocenters. The second-order valence-corrected chi connectivity index (χ2v) is 6.04. The molecule has 3 nitrogen and oxygen atoms in total. The third kappa shape index (κ3) is 2.92. The Hall–Kier alpha value is -1.52. The maximum Gasteiger partial charge on any atom is 0.197 e. The number of halogens is 2. The van der Waals surface area contributed by atoms with Crippen LogP contribution in [0.15, 0.2) is 28.7 Å². The molecule has 0 fully saturated rings. The van der Waals surface area contributed by atoms with E-state index in [9.17, 15) is 4.79 Å². The van der Waals surface area contributed by atoms with Crippen LogP contribution in [-0.2, 0) is 0 Å². The van der Waals surface area contributed by atoms with Crippen molar-refractivity contribution in [2.24, 2.45) is 0 Å². The van der Waals surface area contributed by atoms with Gasteiger partial charge in [0.1, 0.15) is 5.75 Å². The Bertz CT molecular complexity index is 729. The van der Waals surface area contributed by atoms with Crippen LogP contribution >= 0.6 is 27.5 Å². The van der Waals surface area contributed by atoms with Crippen molar-refractivity contribution in [3.63, 3.8) is 0 Å². The number of nitrogen functional groups attached to an aromatic ring is 1. The van der Waals surface area contributed by atoms with Crippen LogP contribution in [0, 0.1) is 13.8 Å². The SMILES string of the molecule is COc1c(C)cc(Br)c(C)c1C(=O)c1ccc(Cl)c(N)c1. The standard InChI is InChI=1S/C16H15BrClNO2/c1-8-6-11(17)9(2)14(16(8)21-3)15(20)10-4-5-12(18)13(19)7-10/h4-7H,19H2,1-3H3. The summed E-state index contributed by atoms with van der Waals surface area (Å²) >= 11 is 9.38. The summed E-state index contributed by atoms with van der Waals surface area (Å²) in [5, 5.41) is 0.431. The van der Waals surface area contributed by atoms with E-state index in [1.807, 2.05) is 19.9 Å². The molecule has 2 aromatic carbocycles. The van der Waals surface area contributed by atoms with Crippen LogP contribution in [0.3, 0.4) is 0 Å². The van der Waals surface area contributed by atoms with Crippen LogP contribution in [0.5, 0.6) is 5.75 Å². The molecule has 5 heteroatoms. The van der Waals surface area contributed by atoms with Crippen LogP contribution in [0.2, 0.25) is 5.02 Å². The minimum atomic E-state index is -0.142. The van der Waals surface area contributed by atoms with E-state index in [-0.39, 0.29) is 5.78 Å². The predicted molar refractivity (Wildman–Crippen MR) is 89.5 cm³/mol. The highest BCUT2D eigenvalue weighted by atomic mass is 79.9. The number of aryl methyl sites for hydroxylation is 1. The van der Waals surface area contributed by atoms with Crippen molar-refractivity contribution in [3.05, 3.63) is 56.0 Å². The minimum Gasteiger partial charge on any atom is -0.496 e. The molecule has 0 saturated heterocycles. The van der Waals surface area contributed by atoms with Crippen LogP contribution in [0.25, 0.3) is 0 Å². The number of ether oxygens (including phenoxy) is 1. The first-order valence-corrected chi connectivity index (χ1v) is 7.47. The average Bonchev–Trinajstić information content (AvgIpc) is 2.44. The number of nitrogens with two attached hydrogens (primary N) is 1. The highest BCUT2D eigenvalue weighted by Crippen LogP contribution is 2.34. The summed E-state index contributed by atoms with van der Waals surface area (Å²) in [6.45, 7) is 3.77. The Morgan fingerprint density at radius 3 is 2.52 bits per heavy atom. The fourth-order valence-corrected chi connectivity index (χ4v) is 2.88. The summed E-state index contributed by atoms with van der Waals surface area (Å²) in [5.41, 5.74) is 8.90. The second-order valence-electron chi connectivity index (χ2n) is 4.77. The fraction of sp³-hybridized carbons (Fsp3) is 0.188. The lowest BCUT2D eigenvalue weighted by molar-refractivity contribution is 0.103. The summed E-state index contributed by atoms with van der Waals surface area (Å²) in [6.07, 6.45) is 0. The van der Waals surface area contributed by atoms with Gasteiger partial charge in [-0.1, -0.05) is 27.5 Å². The zero-order valence-corrected chi connectivity index (χ0v) is 14.3. The Labute approximate surface area is 137 Å². The van der Waals surface area contributed by atoms with Gasteiger partial charge < -0.3 is 10.5 Å². The Morgan fingerprint density at radius 1 is 1.29 bits per heavy atom. The first-order valence-electron chi connectivity index (χ1n) is 6.30. The van der Waals surface area contributed by atoms with Crippen molar-refractivity contribution in [1.29, 1.82) is 0 Å². The number of anilines is 1. The molecule has 0 aliphatic carbocycles. The van der Waals surface area contributed by atoms with Crippen molar-refractivity contribution in [2.45, 2.75) is 13.8 Å². The number of rotatable bonds is 3. The number of carbonyl (C=O) groups is 1. The molecule has 0 heterocycles. The summed E-state index contributed by atoms with van der Waals surface area (Å²) in [6, 6.07) is 6.80. The molecule has 0 saturated carbocycles. The number of hydrogen-bond acceptors (Lipinski definition) is 3. The van der Waals surface area contributed by atoms with Gasteiger partial charge in [-0.15, -0.1) is 0 Å². The first-order chi connectivity index (χ1) is 9.86. The summed E-state index contributed by atoms with van der Waals surface area (Å²) in [5.74, 6) is 0.436. The van der Waals surface area contributed by atoms with Gasteiger partial charge in [-0.05, 0) is 49.2 Å². The third-order valence-electron chi connectivity index (χ3n) is 3.35. The van der Waals surface area contributed by atoms with E-state index in [0.717, 1.165) is 15.6 Å². The quantitative estimate of drug-likeness (QED) is 0.639. The zero-order chi connectivity index (χ0) is 15.7. The van der Waals surface area contributed by atoms with Crippen molar-refractivity contribution < 1.29 is 9.53 Å². The van der Waals surface area contributed by atoms with Gasteiger partial charge >= 0.3 is 0 Å². The maximum absolute atomic E-state index is 12.8. The number of benzene rings is 2. The fourth-order valence-electron chi connectivity index (χ4n) is 2.22. The molecule has 0 aliphatic rings.